The number of nitrogens with one attached hydrogen (secondary N) is 1. The molecule has 0 saturated carbocycles. The molecule has 1 aromatic carbocycles. The van der Waals surface area contributed by atoms with E-state index in [1.807, 2.05) is 0 Å². The first-order chi connectivity index (χ1) is 10.1. The summed E-state index contributed by atoms with van der Waals surface area (Å²) in [5.74, 6) is -4.25. The van der Waals surface area contributed by atoms with Gasteiger partial charge in [0.15, 0.2) is 11.6 Å². The highest BCUT2D eigenvalue weighted by Crippen LogP contribution is 2.24. The second-order valence-corrected chi connectivity index (χ2v) is 4.24. The van der Waals surface area contributed by atoms with Crippen LogP contribution in [0.25, 0.3) is 0 Å². The summed E-state index contributed by atoms with van der Waals surface area (Å²) in [5, 5.41) is 10.6. The van der Waals surface area contributed by atoms with Crippen LogP contribution in [0.2, 0.25) is 0 Å². The third-order valence-electron chi connectivity index (χ3n) is 2.59. The number of phenols is 1. The molecule has 0 spiro atoms. The zero-order chi connectivity index (χ0) is 16.9. The fourth-order valence-electron chi connectivity index (χ4n) is 1.52. The first-order valence-corrected chi connectivity index (χ1v) is 6.16. The molecule has 1 aromatic rings. The van der Waals surface area contributed by atoms with E-state index in [0.717, 1.165) is 12.1 Å². The SMILES string of the molecule is CCOC(=O)CC(NC(=O)c1ccc(O)c(F)c1)C(F)(F)F. The number of phenolic OH excluding ortho intramolecular Hbond substituents is 1. The molecular weight excluding hydrogens is 310 g/mol. The van der Waals surface area contributed by atoms with Gasteiger partial charge in [0, 0.05) is 5.56 Å². The van der Waals surface area contributed by atoms with Gasteiger partial charge in [-0.15, -0.1) is 0 Å². The molecule has 0 aliphatic heterocycles. The lowest BCUT2D eigenvalue weighted by Gasteiger charge is -2.20. The molecule has 0 aliphatic carbocycles. The van der Waals surface area contributed by atoms with Crippen LogP contribution in [0.4, 0.5) is 17.6 Å². The second-order valence-electron chi connectivity index (χ2n) is 4.24. The molecule has 0 heterocycles. The van der Waals surface area contributed by atoms with Gasteiger partial charge >= 0.3 is 12.1 Å². The van der Waals surface area contributed by atoms with Crippen LogP contribution < -0.4 is 5.32 Å². The van der Waals surface area contributed by atoms with E-state index >= 15 is 0 Å². The molecule has 0 aromatic heterocycles. The monoisotopic (exact) mass is 323 g/mol. The molecule has 5 nitrogen and oxygen atoms in total. The minimum atomic E-state index is -4.88. The Balaban J connectivity index is 2.86. The van der Waals surface area contributed by atoms with Crippen LogP contribution in [0.3, 0.4) is 0 Å². The van der Waals surface area contributed by atoms with Crippen LogP contribution in [0.5, 0.6) is 5.75 Å². The number of hydrogen-bond donors (Lipinski definition) is 2. The summed E-state index contributed by atoms with van der Waals surface area (Å²) in [6.07, 6.45) is -5.97. The number of aromatic hydroxyl groups is 1. The van der Waals surface area contributed by atoms with Gasteiger partial charge in [0.25, 0.3) is 5.91 Å². The van der Waals surface area contributed by atoms with Gasteiger partial charge in [0.05, 0.1) is 13.0 Å². The van der Waals surface area contributed by atoms with Gasteiger partial charge in [-0.05, 0) is 25.1 Å². The van der Waals surface area contributed by atoms with Gasteiger partial charge in [-0.1, -0.05) is 0 Å². The maximum absolute atomic E-state index is 13.1. The molecule has 2 N–H and O–H groups in total. The number of benzene rings is 1. The number of hydrogen-bond acceptors (Lipinski definition) is 4. The first kappa shape index (κ1) is 17.7. The van der Waals surface area contributed by atoms with Gasteiger partial charge in [-0.3, -0.25) is 9.59 Å². The highest BCUT2D eigenvalue weighted by Gasteiger charge is 2.42. The van der Waals surface area contributed by atoms with Crippen LogP contribution >= 0.6 is 0 Å². The second kappa shape index (κ2) is 7.10. The van der Waals surface area contributed by atoms with E-state index in [1.165, 1.54) is 6.92 Å². The van der Waals surface area contributed by atoms with Crippen molar-refractivity contribution in [2.24, 2.45) is 0 Å². The molecule has 9 heteroatoms. The van der Waals surface area contributed by atoms with Crippen LogP contribution in [-0.2, 0) is 9.53 Å². The normalized spacial score (nSPS) is 12.6. The molecule has 0 fully saturated rings. The lowest BCUT2D eigenvalue weighted by Crippen LogP contribution is -2.46. The lowest BCUT2D eigenvalue weighted by atomic mass is 10.1. The van der Waals surface area contributed by atoms with E-state index < -0.39 is 47.6 Å². The molecule has 0 aliphatic rings. The zero-order valence-electron chi connectivity index (χ0n) is 11.4. The molecule has 1 amide bonds. The summed E-state index contributed by atoms with van der Waals surface area (Å²) in [4.78, 5) is 22.8. The molecule has 1 rings (SSSR count). The van der Waals surface area contributed by atoms with Crippen molar-refractivity contribution in [2.45, 2.75) is 25.6 Å². The number of carbonyl (C=O) groups is 2. The smallest absolute Gasteiger partial charge is 0.409 e. The van der Waals surface area contributed by atoms with Crippen molar-refractivity contribution < 1.29 is 37.0 Å². The lowest BCUT2D eigenvalue weighted by molar-refractivity contribution is -0.167. The van der Waals surface area contributed by atoms with Gasteiger partial charge in [-0.25, -0.2) is 4.39 Å². The summed E-state index contributed by atoms with van der Waals surface area (Å²) in [5.41, 5.74) is -0.423. The highest BCUT2D eigenvalue weighted by molar-refractivity contribution is 5.94. The Morgan fingerprint density at radius 2 is 2.00 bits per heavy atom. The molecule has 122 valence electrons. The van der Waals surface area contributed by atoms with Crippen molar-refractivity contribution in [1.29, 1.82) is 0 Å². The van der Waals surface area contributed by atoms with E-state index in [4.69, 9.17) is 5.11 Å². The van der Waals surface area contributed by atoms with Crippen molar-refractivity contribution in [3.8, 4) is 5.75 Å². The fraction of sp³-hybridized carbons (Fsp3) is 0.385. The predicted octanol–water partition coefficient (Wildman–Crippen LogP) is 2.15. The van der Waals surface area contributed by atoms with E-state index in [0.29, 0.717) is 6.07 Å². The largest absolute Gasteiger partial charge is 0.505 e. The minimum absolute atomic E-state index is 0.0967. The van der Waals surface area contributed by atoms with E-state index in [1.54, 1.807) is 5.32 Å². The Morgan fingerprint density at radius 3 is 2.50 bits per heavy atom. The minimum Gasteiger partial charge on any atom is -0.505 e. The van der Waals surface area contributed by atoms with Gasteiger partial charge < -0.3 is 15.2 Å². The molecule has 0 bridgehead atoms. The number of esters is 1. The number of rotatable bonds is 5. The summed E-state index contributed by atoms with van der Waals surface area (Å²) in [7, 11) is 0. The Morgan fingerprint density at radius 1 is 1.36 bits per heavy atom. The van der Waals surface area contributed by atoms with Crippen LogP contribution in [0.15, 0.2) is 18.2 Å². The standard InChI is InChI=1S/C13H13F4NO4/c1-2-22-11(20)6-10(13(15,16)17)18-12(21)7-3-4-9(19)8(14)5-7/h3-5,10,19H,2,6H2,1H3,(H,18,21). The fourth-order valence-corrected chi connectivity index (χ4v) is 1.52. The Kier molecular flexibility index (Phi) is 5.72. The van der Waals surface area contributed by atoms with Crippen molar-refractivity contribution in [1.82, 2.24) is 5.32 Å². The van der Waals surface area contributed by atoms with Crippen LogP contribution in [0.1, 0.15) is 23.7 Å². The predicted molar refractivity (Wildman–Crippen MR) is 66.6 cm³/mol. The molecule has 1 unspecified atom stereocenters. The molecular formula is C13H13F4NO4. The van der Waals surface area contributed by atoms with Crippen molar-refractivity contribution >= 4 is 11.9 Å². The quantitative estimate of drug-likeness (QED) is 0.643. The molecule has 1 atom stereocenters. The van der Waals surface area contributed by atoms with Gasteiger partial charge in [0.1, 0.15) is 6.04 Å². The van der Waals surface area contributed by atoms with Gasteiger partial charge in [0.2, 0.25) is 0 Å². The summed E-state index contributed by atoms with van der Waals surface area (Å²) >= 11 is 0. The van der Waals surface area contributed by atoms with E-state index in [9.17, 15) is 27.2 Å². The summed E-state index contributed by atoms with van der Waals surface area (Å²) in [6, 6.07) is -0.0949. The maximum atomic E-state index is 13.1. The molecule has 0 radical (unpaired) electrons. The molecule has 0 saturated heterocycles. The van der Waals surface area contributed by atoms with Crippen molar-refractivity contribution in [2.75, 3.05) is 6.61 Å². The number of halogens is 4. The molecule has 22 heavy (non-hydrogen) atoms. The maximum Gasteiger partial charge on any atom is 0.409 e. The summed E-state index contributed by atoms with van der Waals surface area (Å²) < 4.78 is 55.9. The van der Waals surface area contributed by atoms with Crippen LogP contribution in [0, 0.1) is 5.82 Å². The number of amides is 1. The average Bonchev–Trinajstić information content (AvgIpc) is 2.40. The third-order valence-corrected chi connectivity index (χ3v) is 2.59. The van der Waals surface area contributed by atoms with Crippen molar-refractivity contribution in [3.05, 3.63) is 29.6 Å². The Bertz CT molecular complexity index is 559. The van der Waals surface area contributed by atoms with E-state index in [2.05, 4.69) is 4.74 Å². The average molecular weight is 323 g/mol. The van der Waals surface area contributed by atoms with Crippen LogP contribution in [-0.4, -0.2) is 35.8 Å². The first-order valence-electron chi connectivity index (χ1n) is 6.16. The number of carbonyl (C=O) groups excluding carboxylic acids is 2. The topological polar surface area (TPSA) is 75.6 Å². The Hall–Kier alpha value is -2.32. The highest BCUT2D eigenvalue weighted by atomic mass is 19.4. The third kappa shape index (κ3) is 4.90. The van der Waals surface area contributed by atoms with Gasteiger partial charge in [-0.2, -0.15) is 13.2 Å². The van der Waals surface area contributed by atoms with E-state index in [-0.39, 0.29) is 6.61 Å². The summed E-state index contributed by atoms with van der Waals surface area (Å²) in [6.45, 7) is 1.33. The zero-order valence-corrected chi connectivity index (χ0v) is 11.4. The van der Waals surface area contributed by atoms with Crippen molar-refractivity contribution in [3.63, 3.8) is 0 Å². The number of alkyl halides is 3. The Labute approximate surface area is 122 Å². The number of ether oxygens (including phenoxy) is 1.